The summed E-state index contributed by atoms with van der Waals surface area (Å²) in [7, 11) is -14.7. The third-order valence-electron chi connectivity index (χ3n) is 23.9. The Hall–Kier alpha value is -13.5. The van der Waals surface area contributed by atoms with Gasteiger partial charge in [-0.15, -0.1) is 0 Å². The Bertz CT molecular complexity index is 7000. The number of rotatable bonds is 21. The molecule has 0 saturated heterocycles. The van der Waals surface area contributed by atoms with E-state index in [2.05, 4.69) is 87.6 Å². The van der Waals surface area contributed by atoms with E-state index in [1.54, 1.807) is 87.4 Å². The van der Waals surface area contributed by atoms with Crippen molar-refractivity contribution in [1.82, 2.24) is 77.5 Å². The highest BCUT2D eigenvalue weighted by atomic mass is 32.2. The number of nitrogens with zero attached hydrogens (tertiary/aromatic N) is 13. The van der Waals surface area contributed by atoms with Crippen molar-refractivity contribution in [2.75, 3.05) is 21.3 Å². The predicted octanol–water partition coefficient (Wildman–Crippen LogP) is 13.4. The molecule has 8 heterocycles. The molecule has 8 amide bonds. The molecule has 20 rings (SSSR count). The van der Waals surface area contributed by atoms with E-state index < -0.39 is 64.2 Å². The van der Waals surface area contributed by atoms with E-state index in [0.717, 1.165) is 213 Å². The number of aromatic nitrogens is 12. The van der Waals surface area contributed by atoms with Crippen LogP contribution in [0, 0.1) is 31.1 Å². The second-order valence-electron chi connectivity index (χ2n) is 33.2. The second-order valence-corrected chi connectivity index (χ2v) is 39.7. The van der Waals surface area contributed by atoms with E-state index in [1.165, 1.54) is 52.2 Å². The van der Waals surface area contributed by atoms with Crippen molar-refractivity contribution >= 4 is 87.0 Å². The number of hydrogen-bond donors (Lipinski definition) is 8. The number of pyridine rings is 4. The second kappa shape index (κ2) is 36.1. The van der Waals surface area contributed by atoms with E-state index in [9.17, 15) is 62.9 Å². The minimum Gasteiger partial charge on any atom is -0.318 e. The number of carbonyl (C=O) groups excluding carboxylic acids is 4. The molecule has 0 aliphatic heterocycles. The maximum Gasteiger partial charge on any atom is 0.333 e. The summed E-state index contributed by atoms with van der Waals surface area (Å²) in [5.41, 5.74) is 19.4. The number of urea groups is 4. The fourth-order valence-corrected chi connectivity index (χ4v) is 20.2. The summed E-state index contributed by atoms with van der Waals surface area (Å²) in [5.74, 6) is 0.546. The molecule has 660 valence electrons. The number of aryl methyl sites for hydroxylation is 7. The number of sulfonamides is 4. The van der Waals surface area contributed by atoms with Gasteiger partial charge in [0.25, 0.3) is 40.1 Å². The fourth-order valence-electron chi connectivity index (χ4n) is 16.8. The first-order chi connectivity index (χ1) is 61.5. The molecule has 4 saturated carbocycles. The van der Waals surface area contributed by atoms with E-state index in [0.29, 0.717) is 46.3 Å². The molecule has 0 radical (unpaired) electrons. The van der Waals surface area contributed by atoms with Crippen molar-refractivity contribution in [3.05, 3.63) is 243 Å². The number of carbonyl (C=O) groups is 4. The minimum absolute atomic E-state index is 0.140. The average Bonchev–Trinajstić information content (AvgIpc) is 1.73. The van der Waals surface area contributed by atoms with Crippen LogP contribution in [-0.4, -0.2) is 116 Å². The zero-order valence-electron chi connectivity index (χ0n) is 70.3. The van der Waals surface area contributed by atoms with Crippen LogP contribution >= 0.6 is 0 Å². The number of hydrogen-bond acceptors (Lipinski definition) is 21. The minimum atomic E-state index is -4.12. The maximum absolute atomic E-state index is 12.8. The van der Waals surface area contributed by atoms with Crippen molar-refractivity contribution in [3.63, 3.8) is 0 Å². The molecule has 8 N–H and O–H groups in total. The van der Waals surface area contributed by atoms with E-state index >= 15 is 0 Å². The number of amides is 8. The molecule has 12 aromatic rings. The van der Waals surface area contributed by atoms with Gasteiger partial charge in [0.05, 0.1) is 40.9 Å². The first-order valence-electron chi connectivity index (χ1n) is 42.6. The van der Waals surface area contributed by atoms with Gasteiger partial charge in [-0.1, -0.05) is 48.5 Å². The lowest BCUT2D eigenvalue weighted by molar-refractivity contribution is 0.255. The van der Waals surface area contributed by atoms with Gasteiger partial charge in [0.2, 0.25) is 5.56 Å². The van der Waals surface area contributed by atoms with Gasteiger partial charge >= 0.3 is 24.1 Å². The van der Waals surface area contributed by atoms with Gasteiger partial charge in [0.1, 0.15) is 11.8 Å². The molecule has 0 unspecified atom stereocenters. The number of anilines is 4. The normalized spacial score (nSPS) is 15.4. The van der Waals surface area contributed by atoms with Crippen LogP contribution in [0.15, 0.2) is 196 Å². The Kier molecular flexibility index (Phi) is 24.4. The molecule has 8 aromatic heterocycles. The molecule has 8 aliphatic rings. The van der Waals surface area contributed by atoms with Crippen molar-refractivity contribution < 1.29 is 52.8 Å². The van der Waals surface area contributed by atoms with Gasteiger partial charge in [-0.2, -0.15) is 59.3 Å². The fraction of sp³-hybridized carbons (Fsp3) is 0.322. The Morgan fingerprint density at radius 1 is 0.391 bits per heavy atom. The monoisotopic (exact) mass is 1800 g/mol. The maximum atomic E-state index is 12.8. The summed E-state index contributed by atoms with van der Waals surface area (Å²) < 4.78 is 118. The summed E-state index contributed by atoms with van der Waals surface area (Å²) >= 11 is 0. The largest absolute Gasteiger partial charge is 0.333 e. The molecule has 34 nitrogen and oxygen atoms in total. The molecule has 8 aliphatic carbocycles. The Labute approximate surface area is 739 Å². The zero-order chi connectivity index (χ0) is 89.3. The Morgan fingerprint density at radius 2 is 0.734 bits per heavy atom. The van der Waals surface area contributed by atoms with Crippen molar-refractivity contribution in [2.45, 2.75) is 193 Å². The summed E-state index contributed by atoms with van der Waals surface area (Å²) in [6.45, 7) is 4.49. The molecular formula is C90H93N21O13S4. The van der Waals surface area contributed by atoms with Gasteiger partial charge < -0.3 is 25.8 Å². The van der Waals surface area contributed by atoms with E-state index in [1.807, 2.05) is 80.6 Å². The lowest BCUT2D eigenvalue weighted by Crippen LogP contribution is -2.35. The standard InChI is InChI=1S/C23H22N6O3S.C23H25N5O3S.C22H23N5O4S.C22H23N5O3S/c24-13-18-12-17(8-10-25-18)20-7-6-16-2-1-3-19(16)22(20)26-23(30)28-33(31,32)21-9-11-29(27-21)14-15-4-5-15;1-15-14-17(10-12-24-15)20-9-8-16-4-2-7-19(16)22(20)25-23(29)27-32(30,31)21-11-13-28(26-21)18-5-3-6-18;1-26-13-15(6-10-20(26)28)18-9-5-14-3-2-4-17(14)21(18)23-22(29)25-32(30,31)19-11-12-27(24-19)16-7-8-16;1-14-13-16(9-11-23-14)19-8-5-15-3-2-4-18(15)21(19)24-22(28)26-31(29,30)20-10-12-27(25-20)17-6-7-17/h6-12,15H,1-5,14H2,(H2,26,28,30);8-14,18H,2-7H2,1H3,(H2,25,27,29);5-6,9-13,16H,2-4,7-8H2,1H3,(H2,23,25,29);5,8-13,17H,2-4,6-7H2,1H3,(H2,24,26,28). The molecule has 0 bridgehead atoms. The predicted molar refractivity (Wildman–Crippen MR) is 477 cm³/mol. The zero-order valence-corrected chi connectivity index (χ0v) is 73.6. The van der Waals surface area contributed by atoms with Crippen molar-refractivity contribution in [3.8, 4) is 50.6 Å². The molecule has 128 heavy (non-hydrogen) atoms. The lowest BCUT2D eigenvalue weighted by Gasteiger charge is -2.25. The van der Waals surface area contributed by atoms with Crippen LogP contribution in [0.5, 0.6) is 0 Å². The van der Waals surface area contributed by atoms with Crippen LogP contribution < -0.4 is 45.7 Å². The highest BCUT2D eigenvalue weighted by Crippen LogP contribution is 2.44. The topological polar surface area (TPSA) is 457 Å². The van der Waals surface area contributed by atoms with Crippen LogP contribution in [-0.2, 0) is 105 Å². The van der Waals surface area contributed by atoms with Gasteiger partial charge in [0.15, 0.2) is 20.1 Å². The Balaban J connectivity index is 0.000000120. The SMILES string of the molecule is Cc1cc(-c2ccc3c(c2NC(=O)NS(=O)(=O)c2ccn(C4CC4)n2)CCC3)ccn1.Cc1cc(-c2ccc3c(c2NC(=O)NS(=O)(=O)c2ccn(C4CCC4)n2)CCC3)ccn1.Cn1cc(-c2ccc3c(c2NC(=O)NS(=O)(=O)c2ccn(C4CC4)n2)CCC3)ccc1=O.N#Cc1cc(-c2ccc3c(c2NC(=O)NS(=O)(=O)c2ccn(CC4CC4)n2)CCC3)ccn1. The third kappa shape index (κ3) is 19.7. The number of nitrogens with one attached hydrogen (secondary N) is 8. The van der Waals surface area contributed by atoms with Crippen LogP contribution in [0.3, 0.4) is 0 Å². The molecular weight excluding hydrogens is 1710 g/mol. The summed E-state index contributed by atoms with van der Waals surface area (Å²) in [6.07, 6.45) is 33.3. The quantitative estimate of drug-likeness (QED) is 0.0331. The smallest absolute Gasteiger partial charge is 0.318 e. The number of benzene rings is 4. The lowest BCUT2D eigenvalue weighted by atomic mass is 9.93. The summed E-state index contributed by atoms with van der Waals surface area (Å²) in [4.78, 5) is 75.4. The summed E-state index contributed by atoms with van der Waals surface area (Å²) in [6, 6.07) is 35.2. The number of nitriles is 1. The van der Waals surface area contributed by atoms with Crippen LogP contribution in [0.4, 0.5) is 41.9 Å². The molecule has 0 atom stereocenters. The molecule has 4 fully saturated rings. The average molecular weight is 1810 g/mol. The highest BCUT2D eigenvalue weighted by molar-refractivity contribution is 7.90. The molecule has 38 heteroatoms. The molecule has 4 aromatic carbocycles. The van der Waals surface area contributed by atoms with Gasteiger partial charge in [-0.3, -0.25) is 33.5 Å². The summed E-state index contributed by atoms with van der Waals surface area (Å²) in [5, 5.41) is 36.2. The van der Waals surface area contributed by atoms with E-state index in [4.69, 9.17) is 0 Å². The van der Waals surface area contributed by atoms with Crippen LogP contribution in [0.2, 0.25) is 0 Å². The van der Waals surface area contributed by atoms with Crippen molar-refractivity contribution in [2.24, 2.45) is 13.0 Å². The highest BCUT2D eigenvalue weighted by Gasteiger charge is 2.34. The van der Waals surface area contributed by atoms with E-state index in [-0.39, 0.29) is 49.5 Å². The third-order valence-corrected chi connectivity index (χ3v) is 28.8. The first-order valence-corrected chi connectivity index (χ1v) is 48.5. The van der Waals surface area contributed by atoms with Crippen LogP contribution in [0.25, 0.3) is 44.5 Å². The van der Waals surface area contributed by atoms with Crippen LogP contribution in [0.1, 0.15) is 163 Å². The van der Waals surface area contributed by atoms with Gasteiger partial charge in [-0.05, 0) is 283 Å². The van der Waals surface area contributed by atoms with Gasteiger partial charge in [0, 0.05) is 108 Å². The number of fused-ring (bicyclic) bond motifs is 4. The molecule has 0 spiro atoms. The van der Waals surface area contributed by atoms with Crippen molar-refractivity contribution in [1.29, 1.82) is 5.26 Å². The first kappa shape index (κ1) is 86.6. The Morgan fingerprint density at radius 3 is 1.07 bits per heavy atom. The van der Waals surface area contributed by atoms with Gasteiger partial charge in [-0.25, -0.2) is 43.1 Å².